The summed E-state index contributed by atoms with van der Waals surface area (Å²) in [5, 5.41) is 24.4. The number of carbonyl (C=O) groups excluding carboxylic acids is 7. The molecule has 15 nitrogen and oxygen atoms in total. The lowest BCUT2D eigenvalue weighted by Crippen LogP contribution is -2.61. The number of amides is 7. The standard InChI is InChI=1S/C40H61N7O8/c1-7-24(5)32-38(53)42-28(21-26-14-10-9-11-15-26)34(49)43-29(22-48)39(54)46-18-12-17-31(46)37(52)45-33(25(6)8-2)40(55)47-19-13-16-30(47)36(51)41-27(20-23(3)4)35(50)44-32/h9-11,14-15,23-25,27-33,48H,7-8,12-13,16-22H2,1-6H3,(H,41,51)(H,42,53)(H,43,49)(H,44,50)(H,45,52)/t24-,25+,27-,28-,29-,30-,31-,32-,33-/m0/s1. The zero-order valence-corrected chi connectivity index (χ0v) is 33.1. The van der Waals surface area contributed by atoms with Gasteiger partial charge in [0.25, 0.3) is 0 Å². The maximum Gasteiger partial charge on any atom is 0.248 e. The Hall–Kier alpha value is -4.53. The summed E-state index contributed by atoms with van der Waals surface area (Å²) in [7, 11) is 0. The molecular weight excluding hydrogens is 706 g/mol. The Morgan fingerprint density at radius 2 is 1.11 bits per heavy atom. The lowest BCUT2D eigenvalue weighted by molar-refractivity contribution is -0.145. The first-order valence-electron chi connectivity index (χ1n) is 20.0. The Kier molecular flexibility index (Phi) is 15.6. The highest BCUT2D eigenvalue weighted by Crippen LogP contribution is 2.24. The second-order valence-corrected chi connectivity index (χ2v) is 15.8. The first kappa shape index (κ1) is 43.2. The van der Waals surface area contributed by atoms with Crippen molar-refractivity contribution in [3.63, 3.8) is 0 Å². The van der Waals surface area contributed by atoms with E-state index in [1.807, 2.05) is 40.7 Å². The first-order chi connectivity index (χ1) is 26.2. The number of carbonyl (C=O) groups is 7. The Morgan fingerprint density at radius 1 is 0.618 bits per heavy atom. The van der Waals surface area contributed by atoms with Crippen LogP contribution in [-0.2, 0) is 40.0 Å². The van der Waals surface area contributed by atoms with Gasteiger partial charge in [-0.1, -0.05) is 84.7 Å². The normalized spacial score (nSPS) is 28.9. The summed E-state index contributed by atoms with van der Waals surface area (Å²) in [6.45, 7) is 10.9. The molecule has 55 heavy (non-hydrogen) atoms. The molecule has 4 rings (SSSR count). The average Bonchev–Trinajstić information content (AvgIpc) is 3.87. The van der Waals surface area contributed by atoms with Gasteiger partial charge < -0.3 is 41.5 Å². The van der Waals surface area contributed by atoms with Crippen LogP contribution in [-0.4, -0.2) is 118 Å². The number of benzene rings is 1. The maximum atomic E-state index is 14.2. The van der Waals surface area contributed by atoms with Crippen molar-refractivity contribution in [1.29, 1.82) is 0 Å². The van der Waals surface area contributed by atoms with Crippen molar-refractivity contribution in [2.75, 3.05) is 19.7 Å². The van der Waals surface area contributed by atoms with Crippen LogP contribution in [0.25, 0.3) is 0 Å². The number of hydrogen-bond acceptors (Lipinski definition) is 8. The van der Waals surface area contributed by atoms with E-state index in [-0.39, 0.29) is 43.7 Å². The second kappa shape index (κ2) is 19.9. The van der Waals surface area contributed by atoms with E-state index in [1.165, 1.54) is 9.80 Å². The third kappa shape index (κ3) is 10.8. The van der Waals surface area contributed by atoms with Crippen LogP contribution in [0.3, 0.4) is 0 Å². The smallest absolute Gasteiger partial charge is 0.248 e. The molecular formula is C40H61N7O8. The van der Waals surface area contributed by atoms with Crippen LogP contribution in [0.5, 0.6) is 0 Å². The molecule has 15 heteroatoms. The highest BCUT2D eigenvalue weighted by Gasteiger charge is 2.44. The quantitative estimate of drug-likeness (QED) is 0.211. The summed E-state index contributed by atoms with van der Waals surface area (Å²) in [6, 6.07) is 1.36. The largest absolute Gasteiger partial charge is 0.394 e. The zero-order chi connectivity index (χ0) is 40.4. The minimum atomic E-state index is -1.43. The van der Waals surface area contributed by atoms with Crippen LogP contribution >= 0.6 is 0 Å². The molecule has 6 N–H and O–H groups in total. The van der Waals surface area contributed by atoms with E-state index >= 15 is 0 Å². The van der Waals surface area contributed by atoms with E-state index in [0.717, 1.165) is 0 Å². The summed E-state index contributed by atoms with van der Waals surface area (Å²) in [5.74, 6) is -4.82. The molecule has 1 aromatic carbocycles. The highest BCUT2D eigenvalue weighted by atomic mass is 16.3. The molecule has 3 aliphatic heterocycles. The van der Waals surface area contributed by atoms with Crippen molar-refractivity contribution in [3.05, 3.63) is 35.9 Å². The fraction of sp³-hybridized carbons (Fsp3) is 0.675. The number of nitrogens with one attached hydrogen (secondary N) is 5. The molecule has 0 radical (unpaired) electrons. The third-order valence-electron chi connectivity index (χ3n) is 11.3. The van der Waals surface area contributed by atoms with Gasteiger partial charge in [0.05, 0.1) is 6.61 Å². The van der Waals surface area contributed by atoms with Gasteiger partial charge in [-0.15, -0.1) is 0 Å². The summed E-state index contributed by atoms with van der Waals surface area (Å²) >= 11 is 0. The fourth-order valence-corrected chi connectivity index (χ4v) is 7.62. The fourth-order valence-electron chi connectivity index (χ4n) is 7.62. The summed E-state index contributed by atoms with van der Waals surface area (Å²) in [5.41, 5.74) is 0.715. The number of hydrogen-bond donors (Lipinski definition) is 6. The van der Waals surface area contributed by atoms with Crippen molar-refractivity contribution in [2.45, 2.75) is 135 Å². The van der Waals surface area contributed by atoms with E-state index in [4.69, 9.17) is 0 Å². The van der Waals surface area contributed by atoms with Crippen LogP contribution < -0.4 is 26.6 Å². The van der Waals surface area contributed by atoms with Crippen LogP contribution in [0.2, 0.25) is 0 Å². The predicted octanol–water partition coefficient (Wildman–Crippen LogP) is 0.779. The van der Waals surface area contributed by atoms with Gasteiger partial charge in [-0.25, -0.2) is 0 Å². The third-order valence-corrected chi connectivity index (χ3v) is 11.3. The van der Waals surface area contributed by atoms with Crippen LogP contribution in [0.1, 0.15) is 92.1 Å². The Bertz CT molecular complexity index is 1540. The Labute approximate surface area is 324 Å². The Balaban J connectivity index is 1.77. The average molecular weight is 768 g/mol. The monoisotopic (exact) mass is 767 g/mol. The molecule has 3 fully saturated rings. The molecule has 9 atom stereocenters. The van der Waals surface area contributed by atoms with Gasteiger partial charge in [0.15, 0.2) is 0 Å². The number of fused-ring (bicyclic) bond motifs is 2. The van der Waals surface area contributed by atoms with Crippen LogP contribution in [0, 0.1) is 17.8 Å². The molecule has 0 saturated carbocycles. The van der Waals surface area contributed by atoms with E-state index in [9.17, 15) is 38.7 Å². The molecule has 0 unspecified atom stereocenters. The minimum absolute atomic E-state index is 0.0241. The van der Waals surface area contributed by atoms with Gasteiger partial charge in [0.2, 0.25) is 41.4 Å². The highest BCUT2D eigenvalue weighted by molar-refractivity contribution is 5.99. The van der Waals surface area contributed by atoms with Gasteiger partial charge in [0.1, 0.15) is 42.3 Å². The molecule has 3 aliphatic rings. The molecule has 304 valence electrons. The van der Waals surface area contributed by atoms with Gasteiger partial charge in [-0.2, -0.15) is 0 Å². The molecule has 0 aliphatic carbocycles. The molecule has 3 heterocycles. The number of rotatable bonds is 9. The van der Waals surface area contributed by atoms with Crippen molar-refractivity contribution < 1.29 is 38.7 Å². The lowest BCUT2D eigenvalue weighted by atomic mass is 9.95. The Morgan fingerprint density at radius 3 is 1.67 bits per heavy atom. The van der Waals surface area contributed by atoms with Crippen LogP contribution in [0.4, 0.5) is 0 Å². The predicted molar refractivity (Wildman–Crippen MR) is 205 cm³/mol. The summed E-state index contributed by atoms with van der Waals surface area (Å²) in [6.07, 6.45) is 3.03. The molecule has 0 aromatic heterocycles. The zero-order valence-electron chi connectivity index (χ0n) is 33.1. The number of nitrogens with zero attached hydrogens (tertiary/aromatic N) is 2. The van der Waals surface area contributed by atoms with Crippen molar-refractivity contribution >= 4 is 41.4 Å². The van der Waals surface area contributed by atoms with E-state index < -0.39 is 90.3 Å². The SMILES string of the molecule is CC[C@@H](C)[C@@H]1NC(=O)[C@@H]2CCCN2C(=O)[C@H](CO)NC(=O)[C@H](Cc2ccccc2)NC(=O)[C@H]([C@@H](C)CC)NC(=O)[C@H](CC(C)C)NC(=O)[C@@H]2CCCN2C1=O. The summed E-state index contributed by atoms with van der Waals surface area (Å²) < 4.78 is 0. The topological polar surface area (TPSA) is 206 Å². The number of aliphatic hydroxyl groups excluding tert-OH is 1. The molecule has 3 saturated heterocycles. The second-order valence-electron chi connectivity index (χ2n) is 15.8. The molecule has 0 bridgehead atoms. The van der Waals surface area contributed by atoms with Gasteiger partial charge in [-0.3, -0.25) is 33.6 Å². The summed E-state index contributed by atoms with van der Waals surface area (Å²) in [4.78, 5) is 101. The van der Waals surface area contributed by atoms with E-state index in [0.29, 0.717) is 44.1 Å². The minimum Gasteiger partial charge on any atom is -0.394 e. The van der Waals surface area contributed by atoms with Crippen LogP contribution in [0.15, 0.2) is 30.3 Å². The van der Waals surface area contributed by atoms with Crippen molar-refractivity contribution in [1.82, 2.24) is 36.4 Å². The molecule has 0 spiro atoms. The number of aliphatic hydroxyl groups is 1. The van der Waals surface area contributed by atoms with Gasteiger partial charge >= 0.3 is 0 Å². The lowest BCUT2D eigenvalue weighted by Gasteiger charge is -2.34. The van der Waals surface area contributed by atoms with Gasteiger partial charge in [0, 0.05) is 19.5 Å². The van der Waals surface area contributed by atoms with Crippen molar-refractivity contribution in [2.24, 2.45) is 17.8 Å². The van der Waals surface area contributed by atoms with E-state index in [1.54, 1.807) is 31.2 Å². The molecule has 7 amide bonds. The van der Waals surface area contributed by atoms with Crippen molar-refractivity contribution in [3.8, 4) is 0 Å². The molecule has 1 aromatic rings. The first-order valence-corrected chi connectivity index (χ1v) is 20.0. The van der Waals surface area contributed by atoms with Gasteiger partial charge in [-0.05, 0) is 55.4 Å². The van der Waals surface area contributed by atoms with E-state index in [2.05, 4.69) is 26.6 Å². The maximum absolute atomic E-state index is 14.2.